The van der Waals surface area contributed by atoms with Crippen LogP contribution in [-0.2, 0) is 16.0 Å². The molecule has 0 saturated heterocycles. The molecule has 3 rings (SSSR count). The van der Waals surface area contributed by atoms with Crippen molar-refractivity contribution in [1.29, 1.82) is 0 Å². The summed E-state index contributed by atoms with van der Waals surface area (Å²) in [7, 11) is 0. The average Bonchev–Trinajstić information content (AvgIpc) is 3.30. The van der Waals surface area contributed by atoms with Gasteiger partial charge in [-0.2, -0.15) is 0 Å². The largest absolute Gasteiger partial charge is 0.464 e. The molecule has 2 atom stereocenters. The summed E-state index contributed by atoms with van der Waals surface area (Å²) in [6.45, 7) is 1.84. The van der Waals surface area contributed by atoms with Crippen LogP contribution in [0.4, 0.5) is 0 Å². The Morgan fingerprint density at radius 1 is 1.10 bits per heavy atom. The highest BCUT2D eigenvalue weighted by atomic mass is 16.5. The Hall–Kier alpha value is -3.52. The molecule has 156 valence electrons. The molecule has 30 heavy (non-hydrogen) atoms. The highest BCUT2D eigenvalue weighted by molar-refractivity contribution is 5.90. The molecule has 8 heteroatoms. The highest BCUT2D eigenvalue weighted by Crippen LogP contribution is 2.20. The minimum absolute atomic E-state index is 0.00921. The number of carbonyl (C=O) groups excluding carboxylic acids is 2. The molecular weight excluding hydrogens is 384 g/mol. The summed E-state index contributed by atoms with van der Waals surface area (Å²) in [4.78, 5) is 28.0. The third-order valence-corrected chi connectivity index (χ3v) is 4.56. The molecule has 3 aromatic rings. The number of hydrogen-bond donors (Lipinski definition) is 3. The normalized spacial score (nSPS) is 12.7. The third-order valence-electron chi connectivity index (χ3n) is 4.56. The first-order valence-electron chi connectivity index (χ1n) is 9.72. The minimum Gasteiger partial charge on any atom is -0.464 e. The first kappa shape index (κ1) is 21.2. The number of esters is 1. The van der Waals surface area contributed by atoms with Crippen LogP contribution in [0.15, 0.2) is 60.9 Å². The van der Waals surface area contributed by atoms with Crippen LogP contribution in [0.5, 0.6) is 0 Å². The lowest BCUT2D eigenvalue weighted by Crippen LogP contribution is -2.41. The molecule has 0 radical (unpaired) electrons. The Morgan fingerprint density at radius 2 is 1.80 bits per heavy atom. The van der Waals surface area contributed by atoms with Crippen molar-refractivity contribution in [3.63, 3.8) is 0 Å². The van der Waals surface area contributed by atoms with Crippen LogP contribution in [0.3, 0.4) is 0 Å². The SMILES string of the molecule is CCOC(=O)[C@H](O)CC(Cc1ccc(-c2ccccc2)cc1)NC(=O)c1nc[nH]n1. The average molecular weight is 408 g/mol. The zero-order valence-electron chi connectivity index (χ0n) is 16.6. The molecule has 1 unspecified atom stereocenters. The number of nitrogens with one attached hydrogen (secondary N) is 2. The van der Waals surface area contributed by atoms with Gasteiger partial charge in [0.2, 0.25) is 5.82 Å². The Morgan fingerprint density at radius 3 is 2.43 bits per heavy atom. The van der Waals surface area contributed by atoms with Gasteiger partial charge in [0.05, 0.1) is 6.61 Å². The number of amides is 1. The molecular formula is C22H24N4O4. The number of benzene rings is 2. The number of aromatic amines is 1. The fraction of sp³-hybridized carbons (Fsp3) is 0.273. The first-order valence-corrected chi connectivity index (χ1v) is 9.72. The van der Waals surface area contributed by atoms with Gasteiger partial charge < -0.3 is 15.2 Å². The smallest absolute Gasteiger partial charge is 0.335 e. The molecule has 1 aromatic heterocycles. The second kappa shape index (κ2) is 10.3. The Bertz CT molecular complexity index is 943. The van der Waals surface area contributed by atoms with Gasteiger partial charge >= 0.3 is 5.97 Å². The van der Waals surface area contributed by atoms with Gasteiger partial charge in [0.1, 0.15) is 6.33 Å². The zero-order chi connectivity index (χ0) is 21.3. The molecule has 1 amide bonds. The van der Waals surface area contributed by atoms with Crippen molar-refractivity contribution < 1.29 is 19.4 Å². The van der Waals surface area contributed by atoms with E-state index in [1.165, 1.54) is 6.33 Å². The standard InChI is InChI=1S/C22H24N4O4/c1-2-30-22(29)19(27)13-18(25-21(28)20-23-14-24-26-20)12-15-8-10-17(11-9-15)16-6-4-3-5-7-16/h3-11,14,18-19,27H,2,12-13H2,1H3,(H,25,28)(H,23,24,26)/t18?,19-/m1/s1. The molecule has 0 aliphatic carbocycles. The number of nitrogens with zero attached hydrogens (tertiary/aromatic N) is 2. The predicted octanol–water partition coefficient (Wildman–Crippen LogP) is 2.13. The van der Waals surface area contributed by atoms with Gasteiger partial charge in [-0.15, -0.1) is 5.10 Å². The van der Waals surface area contributed by atoms with Crippen LogP contribution in [-0.4, -0.2) is 50.9 Å². The summed E-state index contributed by atoms with van der Waals surface area (Å²) in [5.41, 5.74) is 3.13. The molecule has 2 aromatic carbocycles. The number of aliphatic hydroxyl groups excluding tert-OH is 1. The van der Waals surface area contributed by atoms with Crippen molar-refractivity contribution in [2.24, 2.45) is 0 Å². The van der Waals surface area contributed by atoms with Gasteiger partial charge in [0.25, 0.3) is 5.91 Å². The van der Waals surface area contributed by atoms with E-state index >= 15 is 0 Å². The van der Waals surface area contributed by atoms with Gasteiger partial charge in [-0.05, 0) is 30.0 Å². The topological polar surface area (TPSA) is 117 Å². The molecule has 3 N–H and O–H groups in total. The van der Waals surface area contributed by atoms with Crippen molar-refractivity contribution in [3.05, 3.63) is 72.3 Å². The Labute approximate surface area is 174 Å². The van der Waals surface area contributed by atoms with E-state index in [1.54, 1.807) is 6.92 Å². The maximum absolute atomic E-state index is 12.4. The van der Waals surface area contributed by atoms with Crippen molar-refractivity contribution in [1.82, 2.24) is 20.5 Å². The van der Waals surface area contributed by atoms with Crippen molar-refractivity contribution in [2.75, 3.05) is 6.61 Å². The van der Waals surface area contributed by atoms with Crippen LogP contribution in [0.2, 0.25) is 0 Å². The van der Waals surface area contributed by atoms with Crippen LogP contribution >= 0.6 is 0 Å². The number of carbonyl (C=O) groups is 2. The fourth-order valence-corrected chi connectivity index (χ4v) is 3.11. The van der Waals surface area contributed by atoms with Gasteiger partial charge in [-0.25, -0.2) is 9.78 Å². The molecule has 0 saturated carbocycles. The number of aliphatic hydroxyl groups is 1. The number of rotatable bonds is 9. The van der Waals surface area contributed by atoms with Crippen molar-refractivity contribution in [2.45, 2.75) is 31.9 Å². The van der Waals surface area contributed by atoms with E-state index in [4.69, 9.17) is 4.74 Å². The number of H-pyrrole nitrogens is 1. The van der Waals surface area contributed by atoms with E-state index in [-0.39, 0.29) is 18.9 Å². The van der Waals surface area contributed by atoms with Crippen molar-refractivity contribution >= 4 is 11.9 Å². The van der Waals surface area contributed by atoms with E-state index in [1.807, 2.05) is 54.6 Å². The highest BCUT2D eigenvalue weighted by Gasteiger charge is 2.24. The first-order chi connectivity index (χ1) is 14.6. The second-order valence-electron chi connectivity index (χ2n) is 6.76. The van der Waals surface area contributed by atoms with E-state index < -0.39 is 24.0 Å². The lowest BCUT2D eigenvalue weighted by molar-refractivity contribution is -0.153. The summed E-state index contributed by atoms with van der Waals surface area (Å²) in [6, 6.07) is 17.4. The fourth-order valence-electron chi connectivity index (χ4n) is 3.11. The summed E-state index contributed by atoms with van der Waals surface area (Å²) < 4.78 is 4.87. The molecule has 8 nitrogen and oxygen atoms in total. The van der Waals surface area contributed by atoms with Crippen LogP contribution in [0.1, 0.15) is 29.5 Å². The van der Waals surface area contributed by atoms with Gasteiger partial charge in [0.15, 0.2) is 6.10 Å². The third kappa shape index (κ3) is 5.74. The molecule has 0 aliphatic heterocycles. The molecule has 0 spiro atoms. The van der Waals surface area contributed by atoms with Gasteiger partial charge in [-0.1, -0.05) is 54.6 Å². The monoisotopic (exact) mass is 408 g/mol. The summed E-state index contributed by atoms with van der Waals surface area (Å²) in [6.07, 6.45) is 0.391. The molecule has 1 heterocycles. The summed E-state index contributed by atoms with van der Waals surface area (Å²) in [5, 5.41) is 19.2. The molecule has 0 fully saturated rings. The molecule has 0 bridgehead atoms. The molecule has 0 aliphatic rings. The second-order valence-corrected chi connectivity index (χ2v) is 6.76. The summed E-state index contributed by atoms with van der Waals surface area (Å²) in [5.74, 6) is -1.21. The quantitative estimate of drug-likeness (QED) is 0.467. The van der Waals surface area contributed by atoms with Crippen LogP contribution < -0.4 is 5.32 Å². The predicted molar refractivity (Wildman–Crippen MR) is 110 cm³/mol. The number of hydrogen-bond acceptors (Lipinski definition) is 6. The minimum atomic E-state index is -1.34. The Balaban J connectivity index is 1.72. The van der Waals surface area contributed by atoms with E-state index in [9.17, 15) is 14.7 Å². The van der Waals surface area contributed by atoms with Crippen LogP contribution in [0, 0.1) is 0 Å². The van der Waals surface area contributed by atoms with E-state index in [2.05, 4.69) is 20.5 Å². The summed E-state index contributed by atoms with van der Waals surface area (Å²) >= 11 is 0. The van der Waals surface area contributed by atoms with E-state index in [0.29, 0.717) is 6.42 Å². The maximum atomic E-state index is 12.4. The van der Waals surface area contributed by atoms with E-state index in [0.717, 1.165) is 16.7 Å². The lowest BCUT2D eigenvalue weighted by Gasteiger charge is -2.21. The van der Waals surface area contributed by atoms with Crippen LogP contribution in [0.25, 0.3) is 11.1 Å². The van der Waals surface area contributed by atoms with Gasteiger partial charge in [-0.3, -0.25) is 9.89 Å². The lowest BCUT2D eigenvalue weighted by atomic mass is 9.98. The zero-order valence-corrected chi connectivity index (χ0v) is 16.6. The maximum Gasteiger partial charge on any atom is 0.335 e. The number of aromatic nitrogens is 3. The van der Waals surface area contributed by atoms with Gasteiger partial charge in [0, 0.05) is 12.5 Å². The number of ether oxygens (including phenoxy) is 1. The Kier molecular flexibility index (Phi) is 7.29. The van der Waals surface area contributed by atoms with Crippen molar-refractivity contribution in [3.8, 4) is 11.1 Å².